The van der Waals surface area contributed by atoms with Crippen LogP contribution in [0.2, 0.25) is 0 Å². The van der Waals surface area contributed by atoms with Gasteiger partial charge >= 0.3 is 5.97 Å². The van der Waals surface area contributed by atoms with Crippen LogP contribution < -0.4 is 14.4 Å². The average Bonchev–Trinajstić information content (AvgIpc) is 2.62. The molecule has 0 aliphatic heterocycles. The molecule has 27 heavy (non-hydrogen) atoms. The molecule has 0 saturated heterocycles. The Labute approximate surface area is 170 Å². The second kappa shape index (κ2) is 9.79. The first-order valence-corrected chi connectivity index (χ1v) is 10.1. The Morgan fingerprint density at radius 2 is 1.89 bits per heavy atom. The van der Waals surface area contributed by atoms with Crippen molar-refractivity contribution in [1.82, 2.24) is 0 Å². The quantitative estimate of drug-likeness (QED) is 0.290. The first kappa shape index (κ1) is 21.3. The van der Waals surface area contributed by atoms with Gasteiger partial charge in [0.2, 0.25) is 0 Å². The van der Waals surface area contributed by atoms with Crippen molar-refractivity contribution in [1.29, 1.82) is 0 Å². The smallest absolute Gasteiger partial charge is 0.347 e. The molecule has 0 radical (unpaired) electrons. The number of ether oxygens (including phenoxy) is 2. The summed E-state index contributed by atoms with van der Waals surface area (Å²) in [7, 11) is 2.02. The van der Waals surface area contributed by atoms with Gasteiger partial charge in [-0.2, -0.15) is 0 Å². The van der Waals surface area contributed by atoms with Gasteiger partial charge < -0.3 is 14.4 Å². The number of carbonyl (C=O) groups is 1. The maximum absolute atomic E-state index is 13.0. The highest BCUT2D eigenvalue weighted by atomic mass is 79.9. The number of carbonyl (C=O) groups excluding carboxylic acids is 1. The maximum atomic E-state index is 13.0. The highest BCUT2D eigenvalue weighted by molar-refractivity contribution is 9.10. The topological polar surface area (TPSA) is 38.8 Å². The third-order valence-electron chi connectivity index (χ3n) is 4.50. The van der Waals surface area contributed by atoms with E-state index < -0.39 is 5.97 Å². The van der Waals surface area contributed by atoms with E-state index in [-0.39, 0.29) is 6.04 Å². The van der Waals surface area contributed by atoms with Crippen LogP contribution in [0.4, 0.5) is 5.69 Å². The molecule has 2 aromatic carbocycles. The molecular weight excluding hydrogens is 406 g/mol. The Morgan fingerprint density at radius 3 is 2.48 bits per heavy atom. The standard InChI is InChI=1S/C22H28BrNO3/c1-6-7-13-26-19-14-18(23)21(24(5)15(2)3)16(4)20(19)22(25)27-17-11-9-8-10-12-17/h8-12,14-15H,6-7,13H2,1-5H3. The Hall–Kier alpha value is -2.01. The Bertz CT molecular complexity index is 775. The summed E-state index contributed by atoms with van der Waals surface area (Å²) in [5.41, 5.74) is 2.28. The summed E-state index contributed by atoms with van der Waals surface area (Å²) in [6.07, 6.45) is 1.95. The summed E-state index contributed by atoms with van der Waals surface area (Å²) in [6, 6.07) is 11.3. The second-order valence-corrected chi connectivity index (χ2v) is 7.67. The largest absolute Gasteiger partial charge is 0.493 e. The SMILES string of the molecule is CCCCOc1cc(Br)c(N(C)C(C)C)c(C)c1C(=O)Oc1ccccc1. The van der Waals surface area contributed by atoms with Gasteiger partial charge in [-0.15, -0.1) is 0 Å². The molecule has 0 bridgehead atoms. The van der Waals surface area contributed by atoms with E-state index in [0.717, 1.165) is 28.6 Å². The lowest BCUT2D eigenvalue weighted by atomic mass is 10.0. The summed E-state index contributed by atoms with van der Waals surface area (Å²) in [4.78, 5) is 15.1. The Morgan fingerprint density at radius 1 is 1.22 bits per heavy atom. The van der Waals surface area contributed by atoms with Crippen LogP contribution in [0, 0.1) is 6.92 Å². The fraction of sp³-hybridized carbons (Fsp3) is 0.409. The van der Waals surface area contributed by atoms with Crippen LogP contribution in [-0.4, -0.2) is 25.7 Å². The van der Waals surface area contributed by atoms with Crippen LogP contribution in [0.3, 0.4) is 0 Å². The van der Waals surface area contributed by atoms with E-state index in [2.05, 4.69) is 41.6 Å². The number of hydrogen-bond acceptors (Lipinski definition) is 4. The predicted octanol–water partition coefficient (Wildman–Crippen LogP) is 6.00. The van der Waals surface area contributed by atoms with E-state index in [0.29, 0.717) is 23.7 Å². The highest BCUT2D eigenvalue weighted by Gasteiger charge is 2.25. The molecule has 146 valence electrons. The zero-order valence-corrected chi connectivity index (χ0v) is 18.3. The molecule has 0 N–H and O–H groups in total. The van der Waals surface area contributed by atoms with Gasteiger partial charge in [0.05, 0.1) is 12.3 Å². The number of rotatable bonds is 8. The summed E-state index contributed by atoms with van der Waals surface area (Å²) >= 11 is 3.65. The lowest BCUT2D eigenvalue weighted by Gasteiger charge is -2.28. The monoisotopic (exact) mass is 433 g/mol. The lowest BCUT2D eigenvalue weighted by molar-refractivity contribution is 0.0729. The van der Waals surface area contributed by atoms with Crippen molar-refractivity contribution in [3.8, 4) is 11.5 Å². The lowest BCUT2D eigenvalue weighted by Crippen LogP contribution is -2.28. The number of halogens is 1. The van der Waals surface area contributed by atoms with E-state index >= 15 is 0 Å². The van der Waals surface area contributed by atoms with Crippen molar-refractivity contribution in [2.75, 3.05) is 18.6 Å². The number of unbranched alkanes of at least 4 members (excludes halogenated alkanes) is 1. The molecule has 0 aliphatic rings. The maximum Gasteiger partial charge on any atom is 0.347 e. The van der Waals surface area contributed by atoms with E-state index in [9.17, 15) is 4.79 Å². The fourth-order valence-electron chi connectivity index (χ4n) is 2.77. The molecule has 0 unspecified atom stereocenters. The van der Waals surface area contributed by atoms with Gasteiger partial charge in [-0.1, -0.05) is 31.5 Å². The van der Waals surface area contributed by atoms with Crippen LogP contribution in [0.5, 0.6) is 11.5 Å². The average molecular weight is 434 g/mol. The molecule has 2 aromatic rings. The van der Waals surface area contributed by atoms with Crippen molar-refractivity contribution in [3.63, 3.8) is 0 Å². The number of hydrogen-bond donors (Lipinski definition) is 0. The van der Waals surface area contributed by atoms with E-state index in [1.54, 1.807) is 12.1 Å². The van der Waals surface area contributed by atoms with Gasteiger partial charge in [-0.25, -0.2) is 4.79 Å². The minimum absolute atomic E-state index is 0.282. The Balaban J connectivity index is 2.49. The van der Waals surface area contributed by atoms with Crippen LogP contribution >= 0.6 is 15.9 Å². The molecule has 0 aliphatic carbocycles. The van der Waals surface area contributed by atoms with Gasteiger partial charge in [-0.05, 0) is 66.9 Å². The highest BCUT2D eigenvalue weighted by Crippen LogP contribution is 2.39. The van der Waals surface area contributed by atoms with Crippen LogP contribution in [-0.2, 0) is 0 Å². The summed E-state index contributed by atoms with van der Waals surface area (Å²) < 4.78 is 12.5. The summed E-state index contributed by atoms with van der Waals surface area (Å²) in [5, 5.41) is 0. The molecular formula is C22H28BrNO3. The van der Waals surface area contributed by atoms with E-state index in [1.807, 2.05) is 38.2 Å². The fourth-order valence-corrected chi connectivity index (χ4v) is 3.55. The number of benzene rings is 2. The number of para-hydroxylation sites is 1. The number of nitrogens with zero attached hydrogens (tertiary/aromatic N) is 1. The van der Waals surface area contributed by atoms with Crippen LogP contribution in [0.15, 0.2) is 40.9 Å². The first-order chi connectivity index (χ1) is 12.9. The third kappa shape index (κ3) is 5.25. The second-order valence-electron chi connectivity index (χ2n) is 6.81. The number of anilines is 1. The molecule has 0 saturated carbocycles. The van der Waals surface area contributed by atoms with Gasteiger partial charge in [0.1, 0.15) is 17.1 Å². The van der Waals surface area contributed by atoms with Gasteiger partial charge in [0.15, 0.2) is 0 Å². The molecule has 0 atom stereocenters. The van der Waals surface area contributed by atoms with E-state index in [4.69, 9.17) is 9.47 Å². The molecule has 0 aromatic heterocycles. The summed E-state index contributed by atoms with van der Waals surface area (Å²) in [6.45, 7) is 8.83. The minimum atomic E-state index is -0.406. The first-order valence-electron chi connectivity index (χ1n) is 9.32. The molecule has 2 rings (SSSR count). The molecule has 0 heterocycles. The van der Waals surface area contributed by atoms with E-state index in [1.165, 1.54) is 0 Å². The predicted molar refractivity (Wildman–Crippen MR) is 114 cm³/mol. The zero-order valence-electron chi connectivity index (χ0n) is 16.7. The molecule has 4 nitrogen and oxygen atoms in total. The third-order valence-corrected chi connectivity index (χ3v) is 5.11. The number of esters is 1. The Kier molecular flexibility index (Phi) is 7.72. The minimum Gasteiger partial charge on any atom is -0.493 e. The van der Waals surface area contributed by atoms with Crippen LogP contribution in [0.1, 0.15) is 49.5 Å². The van der Waals surface area contributed by atoms with Gasteiger partial charge in [0, 0.05) is 17.6 Å². The molecule has 0 spiro atoms. The van der Waals surface area contributed by atoms with Crippen LogP contribution in [0.25, 0.3) is 0 Å². The molecule has 5 heteroatoms. The van der Waals surface area contributed by atoms with Crippen molar-refractivity contribution in [2.45, 2.75) is 46.6 Å². The van der Waals surface area contributed by atoms with Crippen molar-refractivity contribution < 1.29 is 14.3 Å². The summed E-state index contributed by atoms with van der Waals surface area (Å²) in [5.74, 6) is 0.661. The van der Waals surface area contributed by atoms with Gasteiger partial charge in [-0.3, -0.25) is 0 Å². The van der Waals surface area contributed by atoms with Gasteiger partial charge in [0.25, 0.3) is 0 Å². The van der Waals surface area contributed by atoms with Crippen molar-refractivity contribution in [3.05, 3.63) is 52.0 Å². The molecule has 0 amide bonds. The van der Waals surface area contributed by atoms with Crippen molar-refractivity contribution >= 4 is 27.6 Å². The zero-order chi connectivity index (χ0) is 20.0. The normalized spacial score (nSPS) is 10.8. The van der Waals surface area contributed by atoms with Crippen molar-refractivity contribution in [2.24, 2.45) is 0 Å². The molecule has 0 fully saturated rings.